The Kier molecular flexibility index (Phi) is 9.09. The number of hydrogen-bond acceptors (Lipinski definition) is 6. The lowest BCUT2D eigenvalue weighted by Gasteiger charge is -2.37. The molecule has 0 spiro atoms. The van der Waals surface area contributed by atoms with Crippen molar-refractivity contribution >= 4 is 34.6 Å². The summed E-state index contributed by atoms with van der Waals surface area (Å²) >= 11 is 6.03. The Bertz CT molecular complexity index is 1060. The summed E-state index contributed by atoms with van der Waals surface area (Å²) in [5, 5.41) is 6.69. The van der Waals surface area contributed by atoms with E-state index in [1.165, 1.54) is 6.07 Å². The maximum Gasteiger partial charge on any atom is 0.223 e. The lowest BCUT2D eigenvalue weighted by Crippen LogP contribution is -2.48. The third kappa shape index (κ3) is 6.50. The van der Waals surface area contributed by atoms with Crippen molar-refractivity contribution in [1.29, 1.82) is 0 Å². The number of nitrogens with zero attached hydrogens (tertiary/aromatic N) is 4. The molecule has 0 aromatic heterocycles. The third-order valence-electron chi connectivity index (χ3n) is 7.09. The van der Waals surface area contributed by atoms with Crippen LogP contribution >= 0.6 is 11.6 Å². The first-order valence-corrected chi connectivity index (χ1v) is 12.8. The second kappa shape index (κ2) is 12.5. The van der Waals surface area contributed by atoms with E-state index in [2.05, 4.69) is 20.3 Å². The molecule has 2 aromatic carbocycles. The number of benzene rings is 2. The van der Waals surface area contributed by atoms with Gasteiger partial charge in [0.2, 0.25) is 5.91 Å². The highest BCUT2D eigenvalue weighted by atomic mass is 35.5. The minimum atomic E-state index is -0.736. The smallest absolute Gasteiger partial charge is 0.223 e. The van der Waals surface area contributed by atoms with Crippen LogP contribution in [0.15, 0.2) is 41.6 Å². The second-order valence-corrected chi connectivity index (χ2v) is 9.76. The molecule has 0 unspecified atom stereocenters. The van der Waals surface area contributed by atoms with E-state index in [0.717, 1.165) is 56.9 Å². The SMILES string of the molecule is O=Nc1ccc(NC2CCN(C(=O)CCN3CCN(c4ccc(Cl)c(CF)c4)CC3)CC2)cc1CF. The van der Waals surface area contributed by atoms with Crippen LogP contribution in [0.5, 0.6) is 0 Å². The van der Waals surface area contributed by atoms with Crippen LogP contribution in [0.25, 0.3) is 0 Å². The summed E-state index contributed by atoms with van der Waals surface area (Å²) in [6, 6.07) is 10.6. The van der Waals surface area contributed by atoms with Crippen LogP contribution < -0.4 is 10.2 Å². The number of rotatable bonds is 9. The third-order valence-corrected chi connectivity index (χ3v) is 7.46. The molecule has 0 aliphatic carbocycles. The zero-order valence-electron chi connectivity index (χ0n) is 20.3. The highest BCUT2D eigenvalue weighted by molar-refractivity contribution is 6.31. The highest BCUT2D eigenvalue weighted by Crippen LogP contribution is 2.27. The van der Waals surface area contributed by atoms with Gasteiger partial charge >= 0.3 is 0 Å². The van der Waals surface area contributed by atoms with E-state index >= 15 is 0 Å². The summed E-state index contributed by atoms with van der Waals surface area (Å²) in [7, 11) is 0. The van der Waals surface area contributed by atoms with Crippen molar-refractivity contribution in [3.8, 4) is 0 Å². The maximum atomic E-state index is 13.1. The molecule has 0 bridgehead atoms. The molecule has 10 heteroatoms. The van der Waals surface area contributed by atoms with Crippen LogP contribution in [0.1, 0.15) is 30.4 Å². The summed E-state index contributed by atoms with van der Waals surface area (Å²) in [6.45, 7) is 4.14. The minimum Gasteiger partial charge on any atom is -0.382 e. The number of carbonyl (C=O) groups is 1. The van der Waals surface area contributed by atoms with E-state index < -0.39 is 13.3 Å². The van der Waals surface area contributed by atoms with Gasteiger partial charge in [-0.1, -0.05) is 11.6 Å². The normalized spacial score (nSPS) is 17.3. The first kappa shape index (κ1) is 26.3. The van der Waals surface area contributed by atoms with Crippen molar-refractivity contribution in [3.05, 3.63) is 57.5 Å². The van der Waals surface area contributed by atoms with Crippen LogP contribution in [0.3, 0.4) is 0 Å². The summed E-state index contributed by atoms with van der Waals surface area (Å²) in [5.74, 6) is 0.169. The Balaban J connectivity index is 1.17. The Morgan fingerprint density at radius 1 is 0.972 bits per heavy atom. The average molecular weight is 520 g/mol. The molecule has 1 amide bonds. The number of piperazine rings is 1. The summed E-state index contributed by atoms with van der Waals surface area (Å²) in [4.78, 5) is 30.0. The van der Waals surface area contributed by atoms with E-state index in [1.807, 2.05) is 17.0 Å². The van der Waals surface area contributed by atoms with Crippen molar-refractivity contribution in [3.63, 3.8) is 0 Å². The molecular formula is C26H32ClF2N5O2. The molecule has 36 heavy (non-hydrogen) atoms. The topological polar surface area (TPSA) is 68.2 Å². The van der Waals surface area contributed by atoms with Crippen molar-refractivity contribution in [1.82, 2.24) is 9.80 Å². The zero-order valence-corrected chi connectivity index (χ0v) is 21.0. The van der Waals surface area contributed by atoms with Gasteiger partial charge in [0, 0.05) is 85.8 Å². The fourth-order valence-electron chi connectivity index (χ4n) is 4.88. The predicted molar refractivity (Wildman–Crippen MR) is 139 cm³/mol. The number of anilines is 2. The lowest BCUT2D eigenvalue weighted by molar-refractivity contribution is -0.132. The van der Waals surface area contributed by atoms with E-state index in [9.17, 15) is 18.5 Å². The fraction of sp³-hybridized carbons (Fsp3) is 0.500. The molecule has 1 N–H and O–H groups in total. The standard InChI is InChI=1S/C26H32ClF2N5O2/c27-24-3-2-23(16-19(24)17-28)33-13-11-32(12-14-33)8-7-26(35)34-9-5-21(6-10-34)30-22-1-4-25(31-36)20(15-22)18-29/h1-4,15-16,21,30H,5-14,17-18H2. The van der Waals surface area contributed by atoms with Gasteiger partial charge < -0.3 is 15.1 Å². The number of carbonyl (C=O) groups excluding carboxylic acids is 1. The van der Waals surface area contributed by atoms with Gasteiger partial charge in [0.1, 0.15) is 19.0 Å². The number of halogens is 3. The number of amides is 1. The van der Waals surface area contributed by atoms with Crippen LogP contribution in [-0.2, 0) is 18.1 Å². The molecule has 2 aliphatic heterocycles. The largest absolute Gasteiger partial charge is 0.382 e. The van der Waals surface area contributed by atoms with Crippen LogP contribution in [0.4, 0.5) is 25.8 Å². The molecule has 0 radical (unpaired) electrons. The van der Waals surface area contributed by atoms with Crippen molar-refractivity contribution < 1.29 is 13.6 Å². The summed E-state index contributed by atoms with van der Waals surface area (Å²) in [5.41, 5.74) is 2.66. The van der Waals surface area contributed by atoms with E-state index in [-0.39, 0.29) is 23.2 Å². The van der Waals surface area contributed by atoms with Gasteiger partial charge in [-0.2, -0.15) is 0 Å². The van der Waals surface area contributed by atoms with Crippen LogP contribution in [0.2, 0.25) is 5.02 Å². The van der Waals surface area contributed by atoms with Gasteiger partial charge in [0.15, 0.2) is 0 Å². The van der Waals surface area contributed by atoms with E-state index in [0.29, 0.717) is 30.1 Å². The Morgan fingerprint density at radius 3 is 2.36 bits per heavy atom. The molecule has 2 saturated heterocycles. The number of nitrogens with one attached hydrogen (secondary N) is 1. The van der Waals surface area contributed by atoms with Crippen molar-refractivity contribution in [2.45, 2.75) is 38.7 Å². The molecule has 2 fully saturated rings. The second-order valence-electron chi connectivity index (χ2n) is 9.36. The number of hydrogen-bond donors (Lipinski definition) is 1. The number of nitroso groups, excluding NO2 is 1. The molecule has 0 saturated carbocycles. The van der Waals surface area contributed by atoms with Gasteiger partial charge in [-0.05, 0) is 54.4 Å². The minimum absolute atomic E-state index is 0.126. The van der Waals surface area contributed by atoms with Crippen molar-refractivity contribution in [2.24, 2.45) is 5.18 Å². The zero-order chi connectivity index (χ0) is 25.5. The molecule has 7 nitrogen and oxygen atoms in total. The van der Waals surface area contributed by atoms with E-state index in [1.54, 1.807) is 18.2 Å². The lowest BCUT2D eigenvalue weighted by atomic mass is 10.0. The number of piperidine rings is 1. The Hall–Kier alpha value is -2.78. The van der Waals surface area contributed by atoms with Gasteiger partial charge in [-0.15, -0.1) is 4.91 Å². The molecule has 2 aliphatic rings. The Labute approximate surface area is 215 Å². The molecule has 2 aromatic rings. The molecule has 194 valence electrons. The van der Waals surface area contributed by atoms with Gasteiger partial charge in [-0.25, -0.2) is 8.78 Å². The summed E-state index contributed by atoms with van der Waals surface area (Å²) in [6.07, 6.45) is 2.11. The van der Waals surface area contributed by atoms with Crippen molar-refractivity contribution in [2.75, 3.05) is 56.0 Å². The molecular weight excluding hydrogens is 488 g/mol. The monoisotopic (exact) mass is 519 g/mol. The predicted octanol–water partition coefficient (Wildman–Crippen LogP) is 5.29. The molecule has 2 heterocycles. The average Bonchev–Trinajstić information content (AvgIpc) is 2.92. The van der Waals surface area contributed by atoms with Gasteiger partial charge in [-0.3, -0.25) is 9.69 Å². The first-order valence-electron chi connectivity index (χ1n) is 12.4. The molecule has 0 atom stereocenters. The number of likely N-dealkylation sites (tertiary alicyclic amines) is 1. The highest BCUT2D eigenvalue weighted by Gasteiger charge is 2.24. The quantitative estimate of drug-likeness (QED) is 0.456. The van der Waals surface area contributed by atoms with Crippen LogP contribution in [0, 0.1) is 4.91 Å². The van der Waals surface area contributed by atoms with Gasteiger partial charge in [0.25, 0.3) is 0 Å². The van der Waals surface area contributed by atoms with Crippen LogP contribution in [-0.4, -0.2) is 67.6 Å². The number of alkyl halides is 2. The Morgan fingerprint density at radius 2 is 1.69 bits per heavy atom. The fourth-order valence-corrected chi connectivity index (χ4v) is 5.05. The van der Waals surface area contributed by atoms with E-state index in [4.69, 9.17) is 11.6 Å². The van der Waals surface area contributed by atoms with Gasteiger partial charge in [0.05, 0.1) is 0 Å². The molecule has 4 rings (SSSR count). The maximum absolute atomic E-state index is 13.1. The first-order chi connectivity index (χ1) is 17.5. The summed E-state index contributed by atoms with van der Waals surface area (Å²) < 4.78 is 26.2.